The first-order chi connectivity index (χ1) is 14.6. The summed E-state index contributed by atoms with van der Waals surface area (Å²) in [5.74, 6) is 1.21. The van der Waals surface area contributed by atoms with Gasteiger partial charge in [0.25, 0.3) is 5.91 Å². The van der Waals surface area contributed by atoms with Crippen LogP contribution in [0.15, 0.2) is 83.3 Å². The van der Waals surface area contributed by atoms with Gasteiger partial charge in [-0.15, -0.1) is 0 Å². The van der Waals surface area contributed by atoms with E-state index in [1.807, 2.05) is 42.6 Å². The fourth-order valence-electron chi connectivity index (χ4n) is 3.89. The molecule has 0 aliphatic carbocycles. The number of amides is 1. The summed E-state index contributed by atoms with van der Waals surface area (Å²) in [6.07, 6.45) is 14.8. The number of hydrogen-bond acceptors (Lipinski definition) is 4. The topological polar surface area (TPSA) is 50.8 Å². The molecule has 3 aliphatic heterocycles. The second kappa shape index (κ2) is 8.59. The van der Waals surface area contributed by atoms with Crippen LogP contribution in [0.25, 0.3) is 5.57 Å². The van der Waals surface area contributed by atoms with Crippen molar-refractivity contribution in [1.82, 2.24) is 10.2 Å². The van der Waals surface area contributed by atoms with E-state index in [0.29, 0.717) is 11.5 Å². The van der Waals surface area contributed by atoms with Crippen molar-refractivity contribution in [1.29, 1.82) is 0 Å². The Bertz CT molecular complexity index is 1050. The zero-order chi connectivity index (χ0) is 21.1. The molecular weight excluding hydrogens is 376 g/mol. The molecule has 1 amide bonds. The van der Waals surface area contributed by atoms with E-state index in [2.05, 4.69) is 24.4 Å². The first kappa shape index (κ1) is 20.0. The molecule has 3 aliphatic rings. The van der Waals surface area contributed by atoms with E-state index in [1.54, 1.807) is 25.2 Å². The number of carbonyl (C=O) groups is 1. The minimum absolute atomic E-state index is 0.0776. The van der Waals surface area contributed by atoms with Gasteiger partial charge in [0.05, 0.1) is 14.2 Å². The van der Waals surface area contributed by atoms with Gasteiger partial charge in [-0.1, -0.05) is 24.3 Å². The van der Waals surface area contributed by atoms with E-state index in [1.165, 1.54) is 11.1 Å². The average molecular weight is 402 g/mol. The van der Waals surface area contributed by atoms with Crippen LogP contribution in [0.5, 0.6) is 11.5 Å². The summed E-state index contributed by atoms with van der Waals surface area (Å²) in [6, 6.07) is 5.66. The number of fused-ring (bicyclic) bond motifs is 1. The van der Waals surface area contributed by atoms with Crippen LogP contribution in [-0.2, 0) is 4.79 Å². The molecule has 0 unspecified atom stereocenters. The van der Waals surface area contributed by atoms with E-state index >= 15 is 0 Å². The number of rotatable bonds is 4. The smallest absolute Gasteiger partial charge is 0.255 e. The summed E-state index contributed by atoms with van der Waals surface area (Å²) in [5, 5.41) is 3.34. The Balaban J connectivity index is 1.71. The number of ether oxygens (including phenoxy) is 2. The van der Waals surface area contributed by atoms with Crippen molar-refractivity contribution in [3.63, 3.8) is 0 Å². The van der Waals surface area contributed by atoms with Crippen molar-refractivity contribution in [2.24, 2.45) is 0 Å². The molecule has 0 spiro atoms. The van der Waals surface area contributed by atoms with E-state index in [0.717, 1.165) is 41.9 Å². The van der Waals surface area contributed by atoms with Crippen molar-refractivity contribution in [3.8, 4) is 11.5 Å². The molecule has 1 aromatic carbocycles. The highest BCUT2D eigenvalue weighted by Crippen LogP contribution is 2.34. The van der Waals surface area contributed by atoms with Crippen LogP contribution in [0, 0.1) is 0 Å². The van der Waals surface area contributed by atoms with Crippen molar-refractivity contribution in [3.05, 3.63) is 88.8 Å². The number of benzene rings is 1. The van der Waals surface area contributed by atoms with Crippen LogP contribution in [0.4, 0.5) is 0 Å². The van der Waals surface area contributed by atoms with E-state index in [-0.39, 0.29) is 5.91 Å². The van der Waals surface area contributed by atoms with Gasteiger partial charge in [-0.25, -0.2) is 0 Å². The third kappa shape index (κ3) is 3.89. The van der Waals surface area contributed by atoms with Gasteiger partial charge >= 0.3 is 0 Å². The van der Waals surface area contributed by atoms with E-state index in [9.17, 15) is 4.79 Å². The Kier molecular flexibility index (Phi) is 5.72. The largest absolute Gasteiger partial charge is 0.493 e. The second-order valence-electron chi connectivity index (χ2n) is 7.38. The molecule has 0 saturated carbocycles. The number of methoxy groups -OCH3 is 2. The van der Waals surface area contributed by atoms with Crippen molar-refractivity contribution < 1.29 is 14.3 Å². The molecular formula is C25H26N2O3. The highest BCUT2D eigenvalue weighted by atomic mass is 16.5. The van der Waals surface area contributed by atoms with Gasteiger partial charge in [-0.05, 0) is 72.0 Å². The number of nitrogens with one attached hydrogen (secondary N) is 1. The zero-order valence-electron chi connectivity index (χ0n) is 17.6. The summed E-state index contributed by atoms with van der Waals surface area (Å²) in [5.41, 5.74) is 6.18. The van der Waals surface area contributed by atoms with Crippen molar-refractivity contribution >= 4 is 11.5 Å². The highest BCUT2D eigenvalue weighted by molar-refractivity contribution is 6.00. The molecule has 0 aromatic heterocycles. The molecule has 1 aromatic rings. The third-order valence-corrected chi connectivity index (χ3v) is 5.51. The fraction of sp³-hybridized carbons (Fsp3) is 0.240. The summed E-state index contributed by atoms with van der Waals surface area (Å²) in [4.78, 5) is 14.9. The van der Waals surface area contributed by atoms with Gasteiger partial charge < -0.3 is 14.8 Å². The lowest BCUT2D eigenvalue weighted by Crippen LogP contribution is -2.28. The third-order valence-electron chi connectivity index (χ3n) is 5.51. The maximum atomic E-state index is 13.2. The lowest BCUT2D eigenvalue weighted by Gasteiger charge is -2.28. The predicted molar refractivity (Wildman–Crippen MR) is 119 cm³/mol. The number of nitrogens with zero attached hydrogens (tertiary/aromatic N) is 1. The highest BCUT2D eigenvalue weighted by Gasteiger charge is 2.23. The van der Waals surface area contributed by atoms with E-state index in [4.69, 9.17) is 9.47 Å². The molecule has 3 heterocycles. The molecule has 0 saturated heterocycles. The van der Waals surface area contributed by atoms with Crippen LogP contribution in [-0.4, -0.2) is 38.1 Å². The van der Waals surface area contributed by atoms with Crippen LogP contribution < -0.4 is 14.8 Å². The van der Waals surface area contributed by atoms with Gasteiger partial charge in [-0.3, -0.25) is 9.69 Å². The normalized spacial score (nSPS) is 23.4. The molecule has 0 radical (unpaired) electrons. The molecule has 4 rings (SSSR count). The predicted octanol–water partition coefficient (Wildman–Crippen LogP) is 4.13. The van der Waals surface area contributed by atoms with Gasteiger partial charge in [0.1, 0.15) is 0 Å². The maximum Gasteiger partial charge on any atom is 0.255 e. The van der Waals surface area contributed by atoms with Crippen molar-refractivity contribution in [2.75, 3.05) is 27.3 Å². The molecule has 1 N–H and O–H groups in total. The summed E-state index contributed by atoms with van der Waals surface area (Å²) in [7, 11) is 3.21. The average Bonchev–Trinajstić information content (AvgIpc) is 2.77. The van der Waals surface area contributed by atoms with Crippen LogP contribution in [0.3, 0.4) is 0 Å². The van der Waals surface area contributed by atoms with E-state index < -0.39 is 0 Å². The van der Waals surface area contributed by atoms with Gasteiger partial charge in [0, 0.05) is 24.5 Å². The number of allylic oxidation sites excluding steroid dienone is 7. The summed E-state index contributed by atoms with van der Waals surface area (Å²) in [6.45, 7) is 3.92. The summed E-state index contributed by atoms with van der Waals surface area (Å²) < 4.78 is 10.7. The first-order valence-corrected chi connectivity index (χ1v) is 10.1. The van der Waals surface area contributed by atoms with Gasteiger partial charge in [0.2, 0.25) is 0 Å². The molecule has 30 heavy (non-hydrogen) atoms. The lowest BCUT2D eigenvalue weighted by atomic mass is 9.92. The lowest BCUT2D eigenvalue weighted by molar-refractivity contribution is -0.122. The minimum atomic E-state index is -0.0776. The SMILES string of the molecule is COc1ccc(C2=C\C(=O)N3C=C(C4=CCNCC4)C(C)=C\C3=C/C=C/2)cc1OC. The zero-order valence-corrected chi connectivity index (χ0v) is 17.6. The van der Waals surface area contributed by atoms with Crippen LogP contribution in [0.1, 0.15) is 18.9 Å². The minimum Gasteiger partial charge on any atom is -0.493 e. The van der Waals surface area contributed by atoms with Crippen LogP contribution in [0.2, 0.25) is 0 Å². The molecule has 0 atom stereocenters. The van der Waals surface area contributed by atoms with Crippen LogP contribution >= 0.6 is 0 Å². The quantitative estimate of drug-likeness (QED) is 0.823. The number of hydrogen-bond donors (Lipinski definition) is 1. The Hall–Kier alpha value is -3.31. The first-order valence-electron chi connectivity index (χ1n) is 10.1. The molecule has 5 nitrogen and oxygen atoms in total. The molecule has 0 bridgehead atoms. The van der Waals surface area contributed by atoms with Crippen molar-refractivity contribution in [2.45, 2.75) is 13.3 Å². The molecule has 154 valence electrons. The van der Waals surface area contributed by atoms with Gasteiger partial charge in [-0.2, -0.15) is 0 Å². The molecule has 0 fully saturated rings. The monoisotopic (exact) mass is 402 g/mol. The Morgan fingerprint density at radius 3 is 2.67 bits per heavy atom. The standard InChI is InChI=1S/C25H26N2O3/c1-17-13-21-6-4-5-19(20-7-8-23(29-2)24(14-20)30-3)15-25(28)27(21)16-22(17)18-9-11-26-12-10-18/h4-9,13-16,26H,10-12H2,1-3H3/b5-4+,19-15+,21-6+. The Labute approximate surface area is 177 Å². The Morgan fingerprint density at radius 1 is 1.10 bits per heavy atom. The Morgan fingerprint density at radius 2 is 1.93 bits per heavy atom. The molecule has 5 heteroatoms. The van der Waals surface area contributed by atoms with Gasteiger partial charge in [0.15, 0.2) is 11.5 Å². The maximum absolute atomic E-state index is 13.2. The fourth-order valence-corrected chi connectivity index (χ4v) is 3.89. The second-order valence-corrected chi connectivity index (χ2v) is 7.38. The number of carbonyl (C=O) groups excluding carboxylic acids is 1. The summed E-state index contributed by atoms with van der Waals surface area (Å²) >= 11 is 0.